The maximum atomic E-state index is 11.7. The number of carbonyl (C=O) groups excluding carboxylic acids is 1. The number of carbonyl (C=O) groups is 1. The minimum Gasteiger partial charge on any atom is -0.488 e. The molecule has 0 saturated heterocycles. The fourth-order valence-electron chi connectivity index (χ4n) is 2.46. The number of halogens is 1. The number of hydrogen-bond donors (Lipinski definition) is 0. The molecule has 3 rings (SSSR count). The molecular formula is C13H11BrO3. The van der Waals surface area contributed by atoms with E-state index in [1.54, 1.807) is 6.07 Å². The summed E-state index contributed by atoms with van der Waals surface area (Å²) in [6.07, 6.45) is 5.31. The lowest BCUT2D eigenvalue weighted by Crippen LogP contribution is -2.12. The summed E-state index contributed by atoms with van der Waals surface area (Å²) in [6.45, 7) is 0. The zero-order valence-corrected chi connectivity index (χ0v) is 10.9. The van der Waals surface area contributed by atoms with Crippen molar-refractivity contribution in [3.05, 3.63) is 39.9 Å². The Morgan fingerprint density at radius 2 is 2.35 bits per heavy atom. The molecule has 2 aliphatic rings. The summed E-state index contributed by atoms with van der Waals surface area (Å²) >= 11 is 3.42. The highest BCUT2D eigenvalue weighted by Crippen LogP contribution is 2.46. The van der Waals surface area contributed by atoms with Crippen molar-refractivity contribution in [1.29, 1.82) is 0 Å². The van der Waals surface area contributed by atoms with E-state index < -0.39 is 0 Å². The first kappa shape index (κ1) is 10.8. The first-order valence-electron chi connectivity index (χ1n) is 5.46. The highest BCUT2D eigenvalue weighted by Gasteiger charge is 2.37. The highest BCUT2D eigenvalue weighted by molar-refractivity contribution is 9.10. The number of fused-ring (bicyclic) bond motifs is 3. The first-order valence-corrected chi connectivity index (χ1v) is 6.25. The van der Waals surface area contributed by atoms with Crippen molar-refractivity contribution in [3.8, 4) is 5.75 Å². The zero-order valence-electron chi connectivity index (χ0n) is 9.27. The van der Waals surface area contributed by atoms with Crippen molar-refractivity contribution in [3.63, 3.8) is 0 Å². The molecule has 1 aliphatic heterocycles. The molecule has 88 valence electrons. The fraction of sp³-hybridized carbons (Fsp3) is 0.308. The van der Waals surface area contributed by atoms with Crippen molar-refractivity contribution in [2.45, 2.75) is 18.4 Å². The second-order valence-electron chi connectivity index (χ2n) is 4.21. The number of benzene rings is 1. The topological polar surface area (TPSA) is 35.5 Å². The molecule has 3 nitrogen and oxygen atoms in total. The molecule has 0 aromatic heterocycles. The third-order valence-corrected chi connectivity index (χ3v) is 3.69. The van der Waals surface area contributed by atoms with Gasteiger partial charge in [-0.1, -0.05) is 28.1 Å². The third-order valence-electron chi connectivity index (χ3n) is 3.23. The van der Waals surface area contributed by atoms with Crippen LogP contribution in [0.25, 0.3) is 0 Å². The second kappa shape index (κ2) is 3.88. The fourth-order valence-corrected chi connectivity index (χ4v) is 2.94. The smallest absolute Gasteiger partial charge is 0.341 e. The van der Waals surface area contributed by atoms with Gasteiger partial charge in [0.2, 0.25) is 0 Å². The Balaban J connectivity index is 2.15. The minimum atomic E-state index is -0.355. The predicted molar refractivity (Wildman–Crippen MR) is 66.4 cm³/mol. The molecule has 0 radical (unpaired) electrons. The van der Waals surface area contributed by atoms with Gasteiger partial charge in [0.15, 0.2) is 0 Å². The number of esters is 1. The molecule has 0 fully saturated rings. The van der Waals surface area contributed by atoms with Crippen LogP contribution in [0.1, 0.15) is 28.3 Å². The molecule has 17 heavy (non-hydrogen) atoms. The van der Waals surface area contributed by atoms with Crippen molar-refractivity contribution >= 4 is 21.9 Å². The van der Waals surface area contributed by atoms with Crippen LogP contribution in [0.4, 0.5) is 0 Å². The van der Waals surface area contributed by atoms with E-state index in [2.05, 4.69) is 28.1 Å². The van der Waals surface area contributed by atoms with Gasteiger partial charge in [0.1, 0.15) is 17.4 Å². The highest BCUT2D eigenvalue weighted by atomic mass is 79.9. The van der Waals surface area contributed by atoms with Gasteiger partial charge in [0, 0.05) is 22.4 Å². The summed E-state index contributed by atoms with van der Waals surface area (Å²) < 4.78 is 11.5. The molecular weight excluding hydrogens is 284 g/mol. The molecule has 0 N–H and O–H groups in total. The van der Waals surface area contributed by atoms with E-state index in [0.717, 1.165) is 16.5 Å². The third kappa shape index (κ3) is 1.59. The summed E-state index contributed by atoms with van der Waals surface area (Å²) in [5.74, 6) is 0.594. The van der Waals surface area contributed by atoms with Crippen LogP contribution in [0.5, 0.6) is 5.75 Å². The lowest BCUT2D eigenvalue weighted by molar-refractivity contribution is 0.0595. The molecule has 1 aromatic rings. The van der Waals surface area contributed by atoms with Crippen LogP contribution in [0.3, 0.4) is 0 Å². The van der Waals surface area contributed by atoms with Crippen LogP contribution in [-0.2, 0) is 4.74 Å². The maximum absolute atomic E-state index is 11.7. The molecule has 2 unspecified atom stereocenters. The van der Waals surface area contributed by atoms with E-state index in [1.807, 2.05) is 6.07 Å². The lowest BCUT2D eigenvalue weighted by atomic mass is 9.97. The van der Waals surface area contributed by atoms with Gasteiger partial charge in [-0.15, -0.1) is 0 Å². The van der Waals surface area contributed by atoms with E-state index >= 15 is 0 Å². The summed E-state index contributed by atoms with van der Waals surface area (Å²) in [7, 11) is 1.38. The predicted octanol–water partition coefficient (Wildman–Crippen LogP) is 3.04. The quantitative estimate of drug-likeness (QED) is 0.590. The van der Waals surface area contributed by atoms with Gasteiger partial charge in [-0.25, -0.2) is 4.79 Å². The van der Waals surface area contributed by atoms with Crippen molar-refractivity contribution < 1.29 is 14.3 Å². The Hall–Kier alpha value is -1.29. The lowest BCUT2D eigenvalue weighted by Gasteiger charge is -2.09. The average Bonchev–Trinajstić information content (AvgIpc) is 2.88. The summed E-state index contributed by atoms with van der Waals surface area (Å²) in [4.78, 5) is 11.7. The number of rotatable bonds is 1. The molecule has 0 saturated carbocycles. The van der Waals surface area contributed by atoms with Gasteiger partial charge < -0.3 is 9.47 Å². The Kier molecular flexibility index (Phi) is 2.47. The first-order chi connectivity index (χ1) is 8.20. The van der Waals surface area contributed by atoms with Crippen LogP contribution in [0.2, 0.25) is 0 Å². The molecule has 2 atom stereocenters. The number of methoxy groups -OCH3 is 1. The van der Waals surface area contributed by atoms with Gasteiger partial charge in [0.05, 0.1) is 7.11 Å². The van der Waals surface area contributed by atoms with Crippen LogP contribution in [-0.4, -0.2) is 19.2 Å². The average molecular weight is 295 g/mol. The standard InChI is InChI=1S/C13H11BrO3/c1-16-13(15)10-6-7(14)5-9-8-3-2-4-11(8)17-12(9)10/h2-3,5-6,8,11H,4H2,1H3. The van der Waals surface area contributed by atoms with Crippen LogP contribution < -0.4 is 4.74 Å². The van der Waals surface area contributed by atoms with Gasteiger partial charge in [0.25, 0.3) is 0 Å². The Morgan fingerprint density at radius 3 is 3.12 bits per heavy atom. The molecule has 1 aliphatic carbocycles. The second-order valence-corrected chi connectivity index (χ2v) is 5.12. The Morgan fingerprint density at radius 1 is 1.53 bits per heavy atom. The summed E-state index contributed by atoms with van der Waals surface area (Å²) in [5, 5.41) is 0. The van der Waals surface area contributed by atoms with Gasteiger partial charge in [-0.2, -0.15) is 0 Å². The van der Waals surface area contributed by atoms with Crippen LogP contribution in [0.15, 0.2) is 28.8 Å². The van der Waals surface area contributed by atoms with Crippen LogP contribution in [0, 0.1) is 0 Å². The van der Waals surface area contributed by atoms with Crippen molar-refractivity contribution in [2.75, 3.05) is 7.11 Å². The molecule has 1 aromatic carbocycles. The molecule has 0 spiro atoms. The molecule has 0 bridgehead atoms. The zero-order chi connectivity index (χ0) is 12.0. The maximum Gasteiger partial charge on any atom is 0.341 e. The Bertz CT molecular complexity index is 522. The van der Waals surface area contributed by atoms with Crippen LogP contribution >= 0.6 is 15.9 Å². The van der Waals surface area contributed by atoms with E-state index in [-0.39, 0.29) is 18.0 Å². The molecule has 0 amide bonds. The SMILES string of the molecule is COC(=O)c1cc(Br)cc2c1OC1CC=CC21. The van der Waals surface area contributed by atoms with Gasteiger partial charge in [-0.3, -0.25) is 0 Å². The minimum absolute atomic E-state index is 0.141. The van der Waals surface area contributed by atoms with E-state index in [4.69, 9.17) is 9.47 Å². The number of hydrogen-bond acceptors (Lipinski definition) is 3. The molecule has 1 heterocycles. The van der Waals surface area contributed by atoms with E-state index in [1.165, 1.54) is 7.11 Å². The van der Waals surface area contributed by atoms with Gasteiger partial charge in [-0.05, 0) is 12.1 Å². The van der Waals surface area contributed by atoms with E-state index in [9.17, 15) is 4.79 Å². The van der Waals surface area contributed by atoms with Crippen molar-refractivity contribution in [2.24, 2.45) is 0 Å². The Labute approximate surface area is 108 Å². The normalized spacial score (nSPS) is 24.1. The van der Waals surface area contributed by atoms with Crippen molar-refractivity contribution in [1.82, 2.24) is 0 Å². The number of ether oxygens (including phenoxy) is 2. The largest absolute Gasteiger partial charge is 0.488 e. The monoisotopic (exact) mass is 294 g/mol. The van der Waals surface area contributed by atoms with E-state index in [0.29, 0.717) is 11.3 Å². The van der Waals surface area contributed by atoms with Gasteiger partial charge >= 0.3 is 5.97 Å². The summed E-state index contributed by atoms with van der Waals surface area (Å²) in [5.41, 5.74) is 1.57. The summed E-state index contributed by atoms with van der Waals surface area (Å²) in [6, 6.07) is 3.76. The molecule has 4 heteroatoms.